The van der Waals surface area contributed by atoms with E-state index in [2.05, 4.69) is 20.9 Å². The predicted octanol–water partition coefficient (Wildman–Crippen LogP) is 2.41. The van der Waals surface area contributed by atoms with Crippen molar-refractivity contribution in [2.45, 2.75) is 83.6 Å². The van der Waals surface area contributed by atoms with Crippen LogP contribution in [0.1, 0.15) is 60.3 Å². The van der Waals surface area contributed by atoms with Gasteiger partial charge in [-0.15, -0.1) is 0 Å². The van der Waals surface area contributed by atoms with E-state index in [1.165, 1.54) is 19.3 Å². The number of fused-ring (bicyclic) bond motifs is 2. The van der Waals surface area contributed by atoms with Gasteiger partial charge in [-0.3, -0.25) is 4.99 Å². The normalized spacial score (nSPS) is 29.4. The first-order chi connectivity index (χ1) is 12.6. The van der Waals surface area contributed by atoms with Gasteiger partial charge in [0.25, 0.3) is 0 Å². The van der Waals surface area contributed by atoms with Gasteiger partial charge in [0.05, 0.1) is 11.6 Å². The number of hydrogen-bond acceptors (Lipinski definition) is 4. The van der Waals surface area contributed by atoms with Gasteiger partial charge in [0.15, 0.2) is 5.96 Å². The summed E-state index contributed by atoms with van der Waals surface area (Å²) in [5.41, 5.74) is -0.664. The number of nitrogens with one attached hydrogen (secondary N) is 3. The number of guanidine groups is 1. The maximum Gasteiger partial charge on any atom is 0.408 e. The lowest BCUT2D eigenvalue weighted by atomic mass is 9.46. The molecule has 1 heterocycles. The van der Waals surface area contributed by atoms with E-state index in [0.29, 0.717) is 30.0 Å². The van der Waals surface area contributed by atoms with E-state index in [9.17, 15) is 4.79 Å². The Morgan fingerprint density at radius 1 is 1.26 bits per heavy atom. The Kier molecular flexibility index (Phi) is 5.36. The lowest BCUT2D eigenvalue weighted by Gasteiger charge is -2.63. The quantitative estimate of drug-likeness (QED) is 0.515. The molecular formula is C20H36N4O3. The summed E-state index contributed by atoms with van der Waals surface area (Å²) >= 11 is 0. The lowest BCUT2D eigenvalue weighted by Crippen LogP contribution is -2.72. The topological polar surface area (TPSA) is 84.0 Å². The van der Waals surface area contributed by atoms with Crippen LogP contribution in [0.15, 0.2) is 4.99 Å². The molecule has 0 bridgehead atoms. The van der Waals surface area contributed by atoms with E-state index in [0.717, 1.165) is 19.0 Å². The van der Waals surface area contributed by atoms with Crippen molar-refractivity contribution in [1.29, 1.82) is 0 Å². The van der Waals surface area contributed by atoms with E-state index >= 15 is 0 Å². The zero-order valence-electron chi connectivity index (χ0n) is 17.6. The van der Waals surface area contributed by atoms with Gasteiger partial charge in [-0.2, -0.15) is 0 Å². The number of ether oxygens (including phenoxy) is 2. The Labute approximate surface area is 163 Å². The fourth-order valence-corrected chi connectivity index (χ4v) is 4.73. The molecule has 3 N–H and O–H groups in total. The van der Waals surface area contributed by atoms with Crippen molar-refractivity contribution < 1.29 is 14.3 Å². The van der Waals surface area contributed by atoms with E-state index < -0.39 is 17.2 Å². The third-order valence-corrected chi connectivity index (χ3v) is 6.09. The molecule has 27 heavy (non-hydrogen) atoms. The average Bonchev–Trinajstić information content (AvgIpc) is 2.88. The fourth-order valence-electron chi connectivity index (χ4n) is 4.73. The SMILES string of the molecule is CN=C(NCC(C)(C)NC(=O)OC(C)(C)C)NC1C2CCOC2C12CCC2. The highest BCUT2D eigenvalue weighted by molar-refractivity contribution is 5.80. The van der Waals surface area contributed by atoms with Crippen LogP contribution in [0.4, 0.5) is 4.79 Å². The zero-order chi connectivity index (χ0) is 19.9. The Bertz CT molecular complexity index is 593. The van der Waals surface area contributed by atoms with Crippen LogP contribution in [0.5, 0.6) is 0 Å². The van der Waals surface area contributed by atoms with Crippen molar-refractivity contribution in [3.63, 3.8) is 0 Å². The van der Waals surface area contributed by atoms with Gasteiger partial charge in [0.2, 0.25) is 0 Å². The molecule has 0 radical (unpaired) electrons. The first-order valence-corrected chi connectivity index (χ1v) is 10.2. The molecule has 3 unspecified atom stereocenters. The van der Waals surface area contributed by atoms with Gasteiger partial charge in [-0.1, -0.05) is 6.42 Å². The molecule has 0 aromatic carbocycles. The zero-order valence-corrected chi connectivity index (χ0v) is 17.6. The molecule has 7 heteroatoms. The number of carbonyl (C=O) groups excluding carboxylic acids is 1. The van der Waals surface area contributed by atoms with Gasteiger partial charge in [0, 0.05) is 37.6 Å². The second-order valence-corrected chi connectivity index (χ2v) is 9.89. The highest BCUT2D eigenvalue weighted by Gasteiger charge is 2.66. The monoisotopic (exact) mass is 380 g/mol. The van der Waals surface area contributed by atoms with E-state index in [4.69, 9.17) is 9.47 Å². The molecule has 3 atom stereocenters. The molecule has 3 fully saturated rings. The first kappa shape index (κ1) is 20.2. The van der Waals surface area contributed by atoms with Crippen molar-refractivity contribution >= 4 is 12.1 Å². The van der Waals surface area contributed by atoms with E-state index in [1.807, 2.05) is 34.6 Å². The molecule has 1 amide bonds. The summed E-state index contributed by atoms with van der Waals surface area (Å²) in [5.74, 6) is 1.38. The molecule has 1 aliphatic heterocycles. The second-order valence-electron chi connectivity index (χ2n) is 9.89. The number of hydrogen-bond donors (Lipinski definition) is 3. The summed E-state index contributed by atoms with van der Waals surface area (Å²) in [7, 11) is 1.79. The molecule has 7 nitrogen and oxygen atoms in total. The first-order valence-electron chi connectivity index (χ1n) is 10.2. The van der Waals surface area contributed by atoms with Crippen LogP contribution < -0.4 is 16.0 Å². The van der Waals surface area contributed by atoms with Crippen LogP contribution in [0.3, 0.4) is 0 Å². The van der Waals surface area contributed by atoms with Crippen molar-refractivity contribution in [3.8, 4) is 0 Å². The molecule has 0 aromatic heterocycles. The lowest BCUT2D eigenvalue weighted by molar-refractivity contribution is -0.171. The minimum absolute atomic E-state index is 0.309. The van der Waals surface area contributed by atoms with Crippen molar-refractivity contribution in [3.05, 3.63) is 0 Å². The molecule has 0 aromatic rings. The highest BCUT2D eigenvalue weighted by atomic mass is 16.6. The summed E-state index contributed by atoms with van der Waals surface area (Å²) in [6.45, 7) is 10.9. The van der Waals surface area contributed by atoms with Crippen molar-refractivity contribution in [2.75, 3.05) is 20.2 Å². The number of nitrogens with zero attached hydrogens (tertiary/aromatic N) is 1. The molecule has 1 saturated heterocycles. The van der Waals surface area contributed by atoms with Gasteiger partial charge >= 0.3 is 6.09 Å². The summed E-state index contributed by atoms with van der Waals surface area (Å²) in [4.78, 5) is 16.5. The summed E-state index contributed by atoms with van der Waals surface area (Å²) in [5, 5.41) is 9.94. The summed E-state index contributed by atoms with van der Waals surface area (Å²) in [6.07, 6.45) is 4.95. The second kappa shape index (κ2) is 7.15. The highest BCUT2D eigenvalue weighted by Crippen LogP contribution is 2.62. The maximum atomic E-state index is 12.1. The Balaban J connectivity index is 1.51. The van der Waals surface area contributed by atoms with E-state index in [-0.39, 0.29) is 0 Å². The molecule has 1 spiro atoms. The molecule has 2 aliphatic carbocycles. The minimum atomic E-state index is -0.508. The van der Waals surface area contributed by atoms with Crippen LogP contribution in [0.2, 0.25) is 0 Å². The number of carbonyl (C=O) groups is 1. The maximum absolute atomic E-state index is 12.1. The standard InChI is InChI=1S/C20H36N4O3/c1-18(2,3)27-17(25)24-19(4,5)12-22-16(21-6)23-14-13-8-11-26-15(13)20(14)9-7-10-20/h13-15H,7-12H2,1-6H3,(H,24,25)(H2,21,22,23). The third kappa shape index (κ3) is 4.18. The molecule has 2 saturated carbocycles. The minimum Gasteiger partial charge on any atom is -0.444 e. The van der Waals surface area contributed by atoms with Gasteiger partial charge < -0.3 is 25.4 Å². The Morgan fingerprint density at radius 2 is 1.96 bits per heavy atom. The number of aliphatic imine (C=N–C) groups is 1. The molecule has 154 valence electrons. The summed E-state index contributed by atoms with van der Waals surface area (Å²) in [6, 6.07) is 0.437. The predicted molar refractivity (Wildman–Crippen MR) is 106 cm³/mol. The van der Waals surface area contributed by atoms with Crippen LogP contribution in [-0.4, -0.2) is 55.5 Å². The average molecular weight is 381 g/mol. The van der Waals surface area contributed by atoms with Gasteiger partial charge in [-0.05, 0) is 53.9 Å². The van der Waals surface area contributed by atoms with Crippen molar-refractivity contribution in [1.82, 2.24) is 16.0 Å². The Morgan fingerprint density at radius 3 is 2.52 bits per heavy atom. The number of rotatable bonds is 4. The van der Waals surface area contributed by atoms with E-state index in [1.54, 1.807) is 7.05 Å². The number of alkyl carbamates (subject to hydrolysis) is 1. The Hall–Kier alpha value is -1.50. The molecule has 3 rings (SSSR count). The van der Waals surface area contributed by atoms with Crippen molar-refractivity contribution in [2.24, 2.45) is 16.3 Å². The third-order valence-electron chi connectivity index (χ3n) is 6.09. The van der Waals surface area contributed by atoms with Gasteiger partial charge in [-0.25, -0.2) is 4.79 Å². The van der Waals surface area contributed by atoms with Crippen LogP contribution >= 0.6 is 0 Å². The summed E-state index contributed by atoms with van der Waals surface area (Å²) < 4.78 is 11.3. The van der Waals surface area contributed by atoms with Crippen LogP contribution in [0, 0.1) is 11.3 Å². The molecular weight excluding hydrogens is 344 g/mol. The number of amides is 1. The van der Waals surface area contributed by atoms with Crippen LogP contribution in [0.25, 0.3) is 0 Å². The fraction of sp³-hybridized carbons (Fsp3) is 0.900. The van der Waals surface area contributed by atoms with Gasteiger partial charge in [0.1, 0.15) is 5.60 Å². The molecule has 3 aliphatic rings. The van der Waals surface area contributed by atoms with Crippen LogP contribution in [-0.2, 0) is 9.47 Å². The smallest absolute Gasteiger partial charge is 0.408 e. The largest absolute Gasteiger partial charge is 0.444 e.